The molecule has 1 fully saturated rings. The Hall–Kier alpha value is -4.21. The Morgan fingerprint density at radius 2 is 1.67 bits per heavy atom. The van der Waals surface area contributed by atoms with Gasteiger partial charge in [0.15, 0.2) is 11.5 Å². The lowest BCUT2D eigenvalue weighted by Gasteiger charge is -2.32. The van der Waals surface area contributed by atoms with Crippen LogP contribution in [0.1, 0.15) is 85.0 Å². The number of benzene rings is 2. The molecule has 0 amide bonds. The molecule has 0 unspecified atom stereocenters. The van der Waals surface area contributed by atoms with Crippen LogP contribution in [0.2, 0.25) is 0 Å². The number of aromatic nitrogens is 4. The number of carbonyl (C=O) groups excluding carboxylic acids is 1. The first-order valence-electron chi connectivity index (χ1n) is 14.8. The highest BCUT2D eigenvalue weighted by Gasteiger charge is 2.31. The number of nitrogens with one attached hydrogen (secondary N) is 1. The lowest BCUT2D eigenvalue weighted by atomic mass is 9.80. The maximum absolute atomic E-state index is 13.3. The molecule has 4 aromatic rings. The molecule has 2 aliphatic rings. The topological polar surface area (TPSA) is 81.9 Å². The molecule has 0 bridgehead atoms. The standard InChI is InChI=1S/C33H34F3N5O2/c1-20(22-11-8-12-22)37-28-27-29(39-30(38-28)32(42)43-2)40-31(26-14-7-6-13-25(26)23-9-4-3-5-10-23)41(27)19-21-15-17-24(18-16-21)33(34,35)36/h3-5,9-10,15-18,20,22H,6-8,11-14,19H2,1-2H3,(H,37,38,39)/t20-/m1/s1. The summed E-state index contributed by atoms with van der Waals surface area (Å²) in [5.74, 6) is 0.868. The summed E-state index contributed by atoms with van der Waals surface area (Å²) >= 11 is 0. The number of anilines is 1. The highest BCUT2D eigenvalue weighted by Crippen LogP contribution is 2.40. The van der Waals surface area contributed by atoms with Crippen LogP contribution in [0.4, 0.5) is 19.0 Å². The van der Waals surface area contributed by atoms with E-state index < -0.39 is 17.7 Å². The minimum Gasteiger partial charge on any atom is -0.463 e. The van der Waals surface area contributed by atoms with Crippen LogP contribution in [0.25, 0.3) is 22.3 Å². The van der Waals surface area contributed by atoms with Crippen molar-refractivity contribution in [3.05, 3.63) is 82.9 Å². The maximum Gasteiger partial charge on any atom is 0.416 e. The molecule has 1 saturated carbocycles. The Labute approximate surface area is 248 Å². The van der Waals surface area contributed by atoms with Gasteiger partial charge in [-0.05, 0) is 85.8 Å². The zero-order valence-electron chi connectivity index (χ0n) is 24.2. The van der Waals surface area contributed by atoms with Crippen LogP contribution in [-0.4, -0.2) is 38.6 Å². The summed E-state index contributed by atoms with van der Waals surface area (Å²) in [6.45, 7) is 2.35. The molecule has 1 N–H and O–H groups in total. The molecular weight excluding hydrogens is 555 g/mol. The van der Waals surface area contributed by atoms with Crippen molar-refractivity contribution in [1.82, 2.24) is 19.5 Å². The summed E-state index contributed by atoms with van der Waals surface area (Å²) < 4.78 is 47.0. The number of esters is 1. The SMILES string of the molecule is COC(=O)c1nc(N[C@H](C)C2CCC2)c2c(n1)nc(C1=C(c3ccccc3)CCCC1)n2Cc1ccc(C(F)(F)F)cc1. The smallest absolute Gasteiger partial charge is 0.416 e. The summed E-state index contributed by atoms with van der Waals surface area (Å²) in [5.41, 5.74) is 4.31. The summed E-state index contributed by atoms with van der Waals surface area (Å²) in [6, 6.07) is 15.5. The normalized spacial score (nSPS) is 16.7. The number of methoxy groups -OCH3 is 1. The minimum absolute atomic E-state index is 0.0870. The van der Waals surface area contributed by atoms with Gasteiger partial charge in [-0.15, -0.1) is 0 Å². The van der Waals surface area contributed by atoms with Gasteiger partial charge in [0.05, 0.1) is 12.7 Å². The fourth-order valence-electron chi connectivity index (χ4n) is 6.07. The number of fused-ring (bicyclic) bond motifs is 1. The molecule has 2 aliphatic carbocycles. The molecule has 10 heteroatoms. The fourth-order valence-corrected chi connectivity index (χ4v) is 6.07. The van der Waals surface area contributed by atoms with Crippen LogP contribution < -0.4 is 5.32 Å². The van der Waals surface area contributed by atoms with Gasteiger partial charge in [-0.3, -0.25) is 0 Å². The molecule has 2 heterocycles. The number of rotatable bonds is 8. The van der Waals surface area contributed by atoms with Gasteiger partial charge in [-0.25, -0.2) is 19.7 Å². The van der Waals surface area contributed by atoms with Crippen LogP contribution >= 0.6 is 0 Å². The van der Waals surface area contributed by atoms with Crippen molar-refractivity contribution in [1.29, 1.82) is 0 Å². The van der Waals surface area contributed by atoms with Gasteiger partial charge in [0.2, 0.25) is 5.82 Å². The molecule has 1 atom stereocenters. The predicted molar refractivity (Wildman–Crippen MR) is 159 cm³/mol. The molecule has 0 spiro atoms. The first-order valence-corrected chi connectivity index (χ1v) is 14.8. The molecule has 6 rings (SSSR count). The third kappa shape index (κ3) is 5.87. The first kappa shape index (κ1) is 28.9. The van der Waals surface area contributed by atoms with E-state index in [-0.39, 0.29) is 18.4 Å². The highest BCUT2D eigenvalue weighted by molar-refractivity contribution is 5.95. The number of carbonyl (C=O) groups is 1. The van der Waals surface area contributed by atoms with Crippen molar-refractivity contribution in [3.8, 4) is 0 Å². The summed E-state index contributed by atoms with van der Waals surface area (Å²) in [7, 11) is 1.29. The second-order valence-electron chi connectivity index (χ2n) is 11.4. The minimum atomic E-state index is -4.42. The van der Waals surface area contributed by atoms with E-state index in [2.05, 4.69) is 34.3 Å². The van der Waals surface area contributed by atoms with E-state index in [1.54, 1.807) is 0 Å². The third-order valence-corrected chi connectivity index (χ3v) is 8.67. The molecule has 2 aromatic carbocycles. The maximum atomic E-state index is 13.3. The van der Waals surface area contributed by atoms with Crippen LogP contribution in [0.5, 0.6) is 0 Å². The van der Waals surface area contributed by atoms with Gasteiger partial charge in [-0.2, -0.15) is 13.2 Å². The Morgan fingerprint density at radius 1 is 0.977 bits per heavy atom. The molecular formula is C33H34F3N5O2. The second kappa shape index (κ2) is 11.8. The van der Waals surface area contributed by atoms with Crippen molar-refractivity contribution >= 4 is 34.1 Å². The van der Waals surface area contributed by atoms with E-state index in [0.717, 1.165) is 61.8 Å². The lowest BCUT2D eigenvalue weighted by molar-refractivity contribution is -0.137. The van der Waals surface area contributed by atoms with Gasteiger partial charge < -0.3 is 14.6 Å². The van der Waals surface area contributed by atoms with Gasteiger partial charge in [-0.1, -0.05) is 48.9 Å². The Balaban J connectivity index is 1.56. The number of alkyl halides is 3. The number of imidazole rings is 1. The average molecular weight is 590 g/mol. The van der Waals surface area contributed by atoms with E-state index in [4.69, 9.17) is 9.72 Å². The predicted octanol–water partition coefficient (Wildman–Crippen LogP) is 7.77. The molecule has 7 nitrogen and oxygen atoms in total. The number of hydrogen-bond acceptors (Lipinski definition) is 6. The molecule has 224 valence electrons. The van der Waals surface area contributed by atoms with Crippen LogP contribution in [-0.2, 0) is 17.5 Å². The van der Waals surface area contributed by atoms with Crippen molar-refractivity contribution in [2.45, 2.75) is 70.6 Å². The van der Waals surface area contributed by atoms with E-state index in [9.17, 15) is 18.0 Å². The number of allylic oxidation sites excluding steroid dienone is 2. The van der Waals surface area contributed by atoms with E-state index in [1.807, 2.05) is 22.8 Å². The van der Waals surface area contributed by atoms with E-state index in [1.165, 1.54) is 31.2 Å². The summed E-state index contributed by atoms with van der Waals surface area (Å²) in [4.78, 5) is 26.8. The summed E-state index contributed by atoms with van der Waals surface area (Å²) in [6.07, 6.45) is 2.67. The van der Waals surface area contributed by atoms with Crippen molar-refractivity contribution in [2.75, 3.05) is 12.4 Å². The van der Waals surface area contributed by atoms with Crippen molar-refractivity contribution < 1.29 is 22.7 Å². The van der Waals surface area contributed by atoms with Crippen LogP contribution in [0.3, 0.4) is 0 Å². The molecule has 2 aromatic heterocycles. The van der Waals surface area contributed by atoms with Crippen molar-refractivity contribution in [3.63, 3.8) is 0 Å². The van der Waals surface area contributed by atoms with Crippen LogP contribution in [0, 0.1) is 5.92 Å². The Kier molecular flexibility index (Phi) is 7.94. The molecule has 0 saturated heterocycles. The monoisotopic (exact) mass is 589 g/mol. The number of halogens is 3. The Morgan fingerprint density at radius 3 is 2.30 bits per heavy atom. The largest absolute Gasteiger partial charge is 0.463 e. The van der Waals surface area contributed by atoms with E-state index >= 15 is 0 Å². The van der Waals surface area contributed by atoms with Gasteiger partial charge in [0.25, 0.3) is 0 Å². The van der Waals surface area contributed by atoms with Crippen molar-refractivity contribution in [2.24, 2.45) is 5.92 Å². The molecule has 43 heavy (non-hydrogen) atoms. The average Bonchev–Trinajstić information content (AvgIpc) is 3.34. The number of ether oxygens (including phenoxy) is 1. The first-order chi connectivity index (χ1) is 20.7. The number of nitrogens with zero attached hydrogens (tertiary/aromatic N) is 4. The molecule has 0 aliphatic heterocycles. The molecule has 0 radical (unpaired) electrons. The zero-order chi connectivity index (χ0) is 30.1. The summed E-state index contributed by atoms with van der Waals surface area (Å²) in [5, 5.41) is 3.54. The Bertz CT molecular complexity index is 1660. The third-order valence-electron chi connectivity index (χ3n) is 8.67. The lowest BCUT2D eigenvalue weighted by Crippen LogP contribution is -2.31. The number of hydrogen-bond donors (Lipinski definition) is 1. The fraction of sp³-hybridized carbons (Fsp3) is 0.394. The zero-order valence-corrected chi connectivity index (χ0v) is 24.2. The van der Waals surface area contributed by atoms with Gasteiger partial charge in [0, 0.05) is 12.6 Å². The van der Waals surface area contributed by atoms with E-state index in [0.29, 0.717) is 34.3 Å². The van der Waals surface area contributed by atoms with Gasteiger partial charge >= 0.3 is 12.1 Å². The quantitative estimate of drug-likeness (QED) is 0.212. The highest BCUT2D eigenvalue weighted by atomic mass is 19.4. The second-order valence-corrected chi connectivity index (χ2v) is 11.4. The van der Waals surface area contributed by atoms with Gasteiger partial charge in [0.1, 0.15) is 11.3 Å². The van der Waals surface area contributed by atoms with Crippen LogP contribution in [0.15, 0.2) is 54.6 Å².